The number of hydrogen-bond donors (Lipinski definition) is 3. The van der Waals surface area contributed by atoms with Crippen LogP contribution in [0.2, 0.25) is 0 Å². The van der Waals surface area contributed by atoms with Crippen molar-refractivity contribution >= 4 is 24.2 Å². The molecule has 0 aromatic carbocycles. The van der Waals surface area contributed by atoms with E-state index < -0.39 is 0 Å². The normalized spacial score (nSPS) is 14.7. The predicted octanol–water partition coefficient (Wildman–Crippen LogP) is 1.39. The summed E-state index contributed by atoms with van der Waals surface area (Å²) in [6.07, 6.45) is 4.26. The van der Waals surface area contributed by atoms with E-state index in [1.54, 1.807) is 0 Å². The van der Waals surface area contributed by atoms with Crippen molar-refractivity contribution in [3.63, 3.8) is 0 Å². The van der Waals surface area contributed by atoms with Crippen LogP contribution in [0.5, 0.6) is 0 Å². The second kappa shape index (κ2) is 9.79. The fourth-order valence-electron chi connectivity index (χ4n) is 1.85. The second-order valence-electron chi connectivity index (χ2n) is 6.20. The van der Waals surface area contributed by atoms with Crippen LogP contribution in [0.15, 0.2) is 11.6 Å². The molecule has 0 aromatic rings. The summed E-state index contributed by atoms with van der Waals surface area (Å²) in [4.78, 5) is 23.3. The first kappa shape index (κ1) is 19.9. The molecule has 6 heteroatoms. The summed E-state index contributed by atoms with van der Waals surface area (Å²) in [6.45, 7) is 8.71. The number of carbonyl (C=O) groups excluding carboxylic acids is 2. The highest BCUT2D eigenvalue weighted by molar-refractivity contribution is 5.85. The van der Waals surface area contributed by atoms with E-state index in [4.69, 9.17) is 0 Å². The highest BCUT2D eigenvalue weighted by Crippen LogP contribution is 2.12. The van der Waals surface area contributed by atoms with Gasteiger partial charge in [0.2, 0.25) is 11.8 Å². The number of halogens is 1. The van der Waals surface area contributed by atoms with Gasteiger partial charge in [0.1, 0.15) is 0 Å². The summed E-state index contributed by atoms with van der Waals surface area (Å²) < 4.78 is 0. The number of carbonyl (C=O) groups is 2. The minimum absolute atomic E-state index is 0. The number of amides is 2. The second-order valence-corrected chi connectivity index (χ2v) is 6.20. The third-order valence-corrected chi connectivity index (χ3v) is 3.22. The zero-order valence-corrected chi connectivity index (χ0v) is 14.1. The summed E-state index contributed by atoms with van der Waals surface area (Å²) in [7, 11) is 0. The van der Waals surface area contributed by atoms with Crippen molar-refractivity contribution in [2.45, 2.75) is 40.0 Å². The Kier molecular flexibility index (Phi) is 9.29. The van der Waals surface area contributed by atoms with E-state index in [9.17, 15) is 9.59 Å². The van der Waals surface area contributed by atoms with Crippen molar-refractivity contribution in [3.8, 4) is 0 Å². The first-order chi connectivity index (χ1) is 9.39. The van der Waals surface area contributed by atoms with Crippen LogP contribution in [-0.4, -0.2) is 38.0 Å². The first-order valence-corrected chi connectivity index (χ1v) is 7.33. The van der Waals surface area contributed by atoms with E-state index in [1.807, 2.05) is 20.8 Å². The van der Waals surface area contributed by atoms with Crippen LogP contribution in [0.1, 0.15) is 40.0 Å². The van der Waals surface area contributed by atoms with Gasteiger partial charge in [0.05, 0.1) is 0 Å². The number of nitrogens with one attached hydrogen (secondary N) is 3. The zero-order chi connectivity index (χ0) is 15.0. The molecule has 0 spiro atoms. The van der Waals surface area contributed by atoms with E-state index in [1.165, 1.54) is 5.57 Å². The molecule has 5 nitrogen and oxygen atoms in total. The van der Waals surface area contributed by atoms with E-state index >= 15 is 0 Å². The molecule has 122 valence electrons. The van der Waals surface area contributed by atoms with Crippen LogP contribution < -0.4 is 16.0 Å². The summed E-state index contributed by atoms with van der Waals surface area (Å²) >= 11 is 0. The maximum absolute atomic E-state index is 11.7. The lowest BCUT2D eigenvalue weighted by Gasteiger charge is -2.17. The molecule has 0 saturated heterocycles. The predicted molar refractivity (Wildman–Crippen MR) is 87.5 cm³/mol. The van der Waals surface area contributed by atoms with E-state index in [0.29, 0.717) is 25.9 Å². The van der Waals surface area contributed by atoms with Crippen LogP contribution in [0, 0.1) is 5.41 Å². The molecular weight excluding hydrogens is 290 g/mol. The highest BCUT2D eigenvalue weighted by Gasteiger charge is 2.20. The Bertz CT molecular complexity index is 376. The lowest BCUT2D eigenvalue weighted by Crippen LogP contribution is -2.36. The lowest BCUT2D eigenvalue weighted by atomic mass is 9.96. The Labute approximate surface area is 133 Å². The molecule has 3 N–H and O–H groups in total. The van der Waals surface area contributed by atoms with Gasteiger partial charge in [0, 0.05) is 31.5 Å². The number of rotatable bonds is 6. The smallest absolute Gasteiger partial charge is 0.225 e. The molecule has 1 heterocycles. The standard InChI is InChI=1S/C15H27N3O2.ClH/c1-15(2,3)14(20)17-8-4-5-13(19)18-11-12-6-9-16-10-7-12;/h6,16H,4-5,7-11H2,1-3H3,(H,17,20)(H,18,19);1H. The monoisotopic (exact) mass is 317 g/mol. The van der Waals surface area contributed by atoms with E-state index in [-0.39, 0.29) is 29.6 Å². The van der Waals surface area contributed by atoms with E-state index in [0.717, 1.165) is 19.5 Å². The SMILES string of the molecule is CC(C)(C)C(=O)NCCCC(=O)NCC1=CCNCC1.Cl. The summed E-state index contributed by atoms with van der Waals surface area (Å²) in [6, 6.07) is 0. The topological polar surface area (TPSA) is 70.2 Å². The lowest BCUT2D eigenvalue weighted by molar-refractivity contribution is -0.128. The first-order valence-electron chi connectivity index (χ1n) is 7.33. The van der Waals surface area contributed by atoms with Gasteiger partial charge in [-0.2, -0.15) is 0 Å². The Balaban J connectivity index is 0.00000400. The Morgan fingerprint density at radius 1 is 1.29 bits per heavy atom. The van der Waals surface area contributed by atoms with Gasteiger partial charge in [0.25, 0.3) is 0 Å². The molecule has 0 aromatic heterocycles. The molecule has 0 saturated carbocycles. The average Bonchev–Trinajstić information content (AvgIpc) is 2.41. The molecule has 0 radical (unpaired) electrons. The molecule has 1 aliphatic heterocycles. The third-order valence-electron chi connectivity index (χ3n) is 3.22. The Morgan fingerprint density at radius 2 is 2.00 bits per heavy atom. The fraction of sp³-hybridized carbons (Fsp3) is 0.733. The van der Waals surface area contributed by atoms with Gasteiger partial charge in [-0.25, -0.2) is 0 Å². The highest BCUT2D eigenvalue weighted by atomic mass is 35.5. The van der Waals surface area contributed by atoms with Crippen LogP contribution >= 0.6 is 12.4 Å². The molecule has 0 atom stereocenters. The van der Waals surface area contributed by atoms with Gasteiger partial charge < -0.3 is 16.0 Å². The van der Waals surface area contributed by atoms with Crippen molar-refractivity contribution in [3.05, 3.63) is 11.6 Å². The molecule has 2 amide bonds. The van der Waals surface area contributed by atoms with Gasteiger partial charge in [-0.3, -0.25) is 9.59 Å². The maximum atomic E-state index is 11.7. The fourth-order valence-corrected chi connectivity index (χ4v) is 1.85. The van der Waals surface area contributed by atoms with Crippen LogP contribution in [0.3, 0.4) is 0 Å². The molecule has 1 aliphatic rings. The summed E-state index contributed by atoms with van der Waals surface area (Å²) in [5.41, 5.74) is 0.919. The quantitative estimate of drug-likeness (QED) is 0.512. The summed E-state index contributed by atoms with van der Waals surface area (Å²) in [5, 5.41) is 9.01. The number of hydrogen-bond acceptors (Lipinski definition) is 3. The van der Waals surface area contributed by atoms with Crippen LogP contribution in [-0.2, 0) is 9.59 Å². The van der Waals surface area contributed by atoms with Gasteiger partial charge in [-0.05, 0) is 19.4 Å². The van der Waals surface area contributed by atoms with Gasteiger partial charge in [0.15, 0.2) is 0 Å². The van der Waals surface area contributed by atoms with Crippen molar-refractivity contribution in [1.29, 1.82) is 0 Å². The molecule has 0 unspecified atom stereocenters. The molecular formula is C15H28ClN3O2. The average molecular weight is 318 g/mol. The Hall–Kier alpha value is -1.07. The minimum Gasteiger partial charge on any atom is -0.356 e. The summed E-state index contributed by atoms with van der Waals surface area (Å²) in [5.74, 6) is 0.0761. The Morgan fingerprint density at radius 3 is 2.57 bits per heavy atom. The third kappa shape index (κ3) is 8.73. The molecule has 0 bridgehead atoms. The van der Waals surface area contributed by atoms with Gasteiger partial charge in [-0.15, -0.1) is 12.4 Å². The molecule has 0 fully saturated rings. The van der Waals surface area contributed by atoms with Crippen molar-refractivity contribution in [1.82, 2.24) is 16.0 Å². The van der Waals surface area contributed by atoms with Crippen LogP contribution in [0.25, 0.3) is 0 Å². The van der Waals surface area contributed by atoms with Crippen molar-refractivity contribution < 1.29 is 9.59 Å². The van der Waals surface area contributed by atoms with Crippen LogP contribution in [0.4, 0.5) is 0 Å². The van der Waals surface area contributed by atoms with Crippen molar-refractivity contribution in [2.75, 3.05) is 26.2 Å². The zero-order valence-electron chi connectivity index (χ0n) is 13.3. The van der Waals surface area contributed by atoms with E-state index in [2.05, 4.69) is 22.0 Å². The van der Waals surface area contributed by atoms with Crippen molar-refractivity contribution in [2.24, 2.45) is 5.41 Å². The molecule has 0 aliphatic carbocycles. The molecule has 21 heavy (non-hydrogen) atoms. The minimum atomic E-state index is -0.371. The van der Waals surface area contributed by atoms with Gasteiger partial charge >= 0.3 is 0 Å². The molecule has 1 rings (SSSR count). The van der Waals surface area contributed by atoms with Gasteiger partial charge in [-0.1, -0.05) is 32.4 Å². The maximum Gasteiger partial charge on any atom is 0.225 e. The largest absolute Gasteiger partial charge is 0.356 e.